The highest BCUT2D eigenvalue weighted by Crippen LogP contribution is 2.42. The largest absolute Gasteiger partial charge is 0.373 e. The van der Waals surface area contributed by atoms with Gasteiger partial charge in [-0.05, 0) is 61.2 Å². The van der Waals surface area contributed by atoms with E-state index in [-0.39, 0.29) is 23.6 Å². The monoisotopic (exact) mass is 583 g/mol. The van der Waals surface area contributed by atoms with Gasteiger partial charge in [-0.15, -0.1) is 0 Å². The molecule has 3 heterocycles. The third kappa shape index (κ3) is 4.94. The van der Waals surface area contributed by atoms with Crippen molar-refractivity contribution >= 4 is 39.8 Å². The maximum absolute atomic E-state index is 14.4. The molecular formula is C33H31ClFN5O2. The van der Waals surface area contributed by atoms with Gasteiger partial charge in [-0.3, -0.25) is 14.2 Å². The van der Waals surface area contributed by atoms with E-state index in [1.807, 2.05) is 42.2 Å². The predicted molar refractivity (Wildman–Crippen MR) is 166 cm³/mol. The van der Waals surface area contributed by atoms with Crippen LogP contribution in [0.2, 0.25) is 5.02 Å². The fourth-order valence-corrected chi connectivity index (χ4v) is 6.09. The van der Waals surface area contributed by atoms with Crippen LogP contribution in [0.15, 0.2) is 66.1 Å². The molecule has 0 aliphatic carbocycles. The van der Waals surface area contributed by atoms with Gasteiger partial charge in [-0.25, -0.2) is 9.83 Å². The van der Waals surface area contributed by atoms with Gasteiger partial charge in [0.25, 0.3) is 11.2 Å². The Hall–Kier alpha value is -4.48. The van der Waals surface area contributed by atoms with E-state index in [1.54, 1.807) is 22.5 Å². The highest BCUT2D eigenvalue weighted by atomic mass is 35.5. The van der Waals surface area contributed by atoms with Gasteiger partial charge in [0.05, 0.1) is 23.5 Å². The Balaban J connectivity index is 1.87. The fraction of sp³-hybridized carbons (Fsp3) is 0.273. The van der Waals surface area contributed by atoms with E-state index >= 15 is 0 Å². The Labute approximate surface area is 249 Å². The van der Waals surface area contributed by atoms with Gasteiger partial charge in [-0.1, -0.05) is 50.2 Å². The number of aryl methyl sites for hydroxylation is 1. The molecule has 1 atom stereocenters. The van der Waals surface area contributed by atoms with Crippen molar-refractivity contribution in [1.82, 2.24) is 14.5 Å². The van der Waals surface area contributed by atoms with E-state index in [0.29, 0.717) is 63.6 Å². The molecule has 2 aromatic carbocycles. The molecule has 1 fully saturated rings. The lowest BCUT2D eigenvalue weighted by atomic mass is 9.97. The number of carbonyl (C=O) groups is 1. The van der Waals surface area contributed by atoms with Crippen LogP contribution in [-0.4, -0.2) is 46.0 Å². The summed E-state index contributed by atoms with van der Waals surface area (Å²) in [7, 11) is 0. The summed E-state index contributed by atoms with van der Waals surface area (Å²) >= 11 is 6.93. The number of aromatic nitrogens is 2. The summed E-state index contributed by atoms with van der Waals surface area (Å²) in [6.45, 7) is 20.8. The number of fused-ring (bicyclic) bond motifs is 1. The zero-order valence-corrected chi connectivity index (χ0v) is 24.7. The Morgan fingerprint density at radius 1 is 1.21 bits per heavy atom. The highest BCUT2D eigenvalue weighted by Gasteiger charge is 2.31. The number of nitrogens with zero attached hydrogens (tertiary/aromatic N) is 5. The first-order chi connectivity index (χ1) is 20.1. The Kier molecular flexibility index (Phi) is 7.89. The van der Waals surface area contributed by atoms with Gasteiger partial charge >= 0.3 is 0 Å². The van der Waals surface area contributed by atoms with E-state index < -0.39 is 11.5 Å². The maximum Gasteiger partial charge on any atom is 0.274 e. The van der Waals surface area contributed by atoms with Crippen molar-refractivity contribution in [1.29, 1.82) is 0 Å². The number of anilines is 1. The van der Waals surface area contributed by atoms with Crippen molar-refractivity contribution in [2.24, 2.45) is 0 Å². The van der Waals surface area contributed by atoms with Crippen LogP contribution in [-0.2, 0) is 4.79 Å². The maximum atomic E-state index is 14.4. The van der Waals surface area contributed by atoms with Crippen molar-refractivity contribution in [3.63, 3.8) is 0 Å². The zero-order valence-electron chi connectivity index (χ0n) is 24.0. The minimum atomic E-state index is -0.594. The van der Waals surface area contributed by atoms with E-state index in [1.165, 1.54) is 18.3 Å². The Morgan fingerprint density at radius 2 is 1.95 bits per heavy atom. The molecule has 4 aromatic rings. The van der Waals surface area contributed by atoms with Crippen LogP contribution in [0.1, 0.15) is 37.8 Å². The molecule has 0 N–H and O–H groups in total. The summed E-state index contributed by atoms with van der Waals surface area (Å²) in [4.78, 5) is 38.1. The number of piperazine rings is 1. The summed E-state index contributed by atoms with van der Waals surface area (Å²) < 4.78 is 15.5. The van der Waals surface area contributed by atoms with E-state index in [4.69, 9.17) is 18.2 Å². The first kappa shape index (κ1) is 29.0. The van der Waals surface area contributed by atoms with Gasteiger partial charge in [0.15, 0.2) is 0 Å². The predicted octanol–water partition coefficient (Wildman–Crippen LogP) is 7.05. The van der Waals surface area contributed by atoms with Gasteiger partial charge in [-0.2, -0.15) is 4.39 Å². The molecule has 9 heteroatoms. The topological polar surface area (TPSA) is 62.8 Å². The first-order valence-electron chi connectivity index (χ1n) is 13.8. The van der Waals surface area contributed by atoms with Crippen LogP contribution in [0.25, 0.3) is 32.6 Å². The number of pyridine rings is 2. The molecule has 214 valence electrons. The quantitative estimate of drug-likeness (QED) is 0.143. The normalized spacial score (nSPS) is 15.2. The minimum absolute atomic E-state index is 0.0140. The number of benzene rings is 2. The second-order valence-electron chi connectivity index (χ2n) is 10.9. The number of carbonyl (C=O) groups excluding carboxylic acids is 1. The van der Waals surface area contributed by atoms with Crippen LogP contribution in [0, 0.1) is 19.4 Å². The summed E-state index contributed by atoms with van der Waals surface area (Å²) in [5.74, 6) is -0.651. The number of halogens is 2. The summed E-state index contributed by atoms with van der Waals surface area (Å²) in [6.07, 6.45) is 2.73. The van der Waals surface area contributed by atoms with Crippen molar-refractivity contribution in [2.45, 2.75) is 39.7 Å². The molecule has 0 bridgehead atoms. The molecule has 0 unspecified atom stereocenters. The van der Waals surface area contributed by atoms with Gasteiger partial charge in [0, 0.05) is 53.4 Å². The Morgan fingerprint density at radius 3 is 2.60 bits per heavy atom. The van der Waals surface area contributed by atoms with Crippen molar-refractivity contribution in [2.75, 3.05) is 24.5 Å². The minimum Gasteiger partial charge on any atom is -0.373 e. The number of rotatable bonds is 5. The van der Waals surface area contributed by atoms with Gasteiger partial charge in [0.2, 0.25) is 11.9 Å². The highest BCUT2D eigenvalue weighted by molar-refractivity contribution is 6.34. The average Bonchev–Trinajstić information content (AvgIpc) is 2.96. The fourth-order valence-electron chi connectivity index (χ4n) is 5.82. The van der Waals surface area contributed by atoms with Crippen LogP contribution < -0.4 is 10.5 Å². The third-order valence-corrected chi connectivity index (χ3v) is 8.20. The standard InChI is InChI=1S/C33H31ClFN5O2/c1-7-30(41)38-12-13-39(21(5)18-38)32-24-15-26(34)23(25-17-37-29(35)14-20(25)4)16-28(24)40(33(42)31(32)36-6)27-11-9-8-10-22(27)19(2)3/h7-11,14-17,19,21H,1,12-13,18H2,2-5H3/t21-/m0/s1. The number of amides is 1. The molecule has 7 nitrogen and oxygen atoms in total. The molecule has 0 spiro atoms. The lowest BCUT2D eigenvalue weighted by molar-refractivity contribution is -0.126. The van der Waals surface area contributed by atoms with Crippen LogP contribution in [0.5, 0.6) is 0 Å². The molecule has 1 amide bonds. The van der Waals surface area contributed by atoms with Crippen molar-refractivity contribution in [3.05, 3.63) is 105 Å². The SMILES string of the molecule is [C-]#[N+]c1c(N2CCN(C(=O)C=C)C[C@@H]2C)c2cc(Cl)c(-c3cnc(F)cc3C)cc2n(-c2ccccc2C(C)C)c1=O. The smallest absolute Gasteiger partial charge is 0.274 e. The van der Waals surface area contributed by atoms with Crippen molar-refractivity contribution in [3.8, 4) is 16.8 Å². The molecule has 0 saturated carbocycles. The summed E-state index contributed by atoms with van der Waals surface area (Å²) in [5, 5.41) is 1.02. The molecule has 0 radical (unpaired) electrons. The molecule has 42 heavy (non-hydrogen) atoms. The van der Waals surface area contributed by atoms with Crippen LogP contribution in [0.3, 0.4) is 0 Å². The molecule has 2 aromatic heterocycles. The molecule has 5 rings (SSSR count). The summed E-state index contributed by atoms with van der Waals surface area (Å²) in [6, 6.07) is 12.4. The molecule has 1 aliphatic rings. The number of para-hydroxylation sites is 1. The number of hydrogen-bond acceptors (Lipinski definition) is 4. The second kappa shape index (κ2) is 11.4. The lowest BCUT2D eigenvalue weighted by Gasteiger charge is -2.42. The van der Waals surface area contributed by atoms with E-state index in [0.717, 1.165) is 5.56 Å². The molecule has 1 saturated heterocycles. The summed E-state index contributed by atoms with van der Waals surface area (Å²) in [5.41, 5.74) is 4.11. The van der Waals surface area contributed by atoms with Crippen molar-refractivity contribution < 1.29 is 9.18 Å². The Bertz CT molecular complexity index is 1840. The molecule has 1 aliphatic heterocycles. The van der Waals surface area contributed by atoms with Crippen LogP contribution in [0.4, 0.5) is 15.8 Å². The average molecular weight is 584 g/mol. The van der Waals surface area contributed by atoms with Gasteiger partial charge < -0.3 is 9.80 Å². The van der Waals surface area contributed by atoms with E-state index in [9.17, 15) is 14.0 Å². The lowest BCUT2D eigenvalue weighted by Crippen LogP contribution is -2.53. The number of hydrogen-bond donors (Lipinski definition) is 0. The first-order valence-corrected chi connectivity index (χ1v) is 14.1. The van der Waals surface area contributed by atoms with Crippen LogP contribution >= 0.6 is 11.6 Å². The third-order valence-electron chi connectivity index (χ3n) is 7.89. The zero-order chi connectivity index (χ0) is 30.3. The van der Waals surface area contributed by atoms with Gasteiger partial charge in [0.1, 0.15) is 0 Å². The second-order valence-corrected chi connectivity index (χ2v) is 11.3. The molecular weight excluding hydrogens is 553 g/mol. The van der Waals surface area contributed by atoms with E-state index in [2.05, 4.69) is 30.3 Å².